The molecule has 18 heavy (non-hydrogen) atoms. The zero-order valence-electron chi connectivity index (χ0n) is 9.71. The Kier molecular flexibility index (Phi) is 3.70. The molecule has 2 heterocycles. The first-order chi connectivity index (χ1) is 8.81. The van der Waals surface area contributed by atoms with Crippen LogP contribution in [0.4, 0.5) is 11.5 Å². The summed E-state index contributed by atoms with van der Waals surface area (Å²) < 4.78 is 5.53. The van der Waals surface area contributed by atoms with E-state index in [2.05, 4.69) is 26.8 Å². The van der Waals surface area contributed by atoms with Crippen molar-refractivity contribution in [3.8, 4) is 11.6 Å². The predicted molar refractivity (Wildman–Crippen MR) is 69.4 cm³/mol. The molecule has 0 fully saturated rings. The molecule has 0 aliphatic heterocycles. The molecule has 0 spiro atoms. The van der Waals surface area contributed by atoms with Gasteiger partial charge in [-0.25, -0.2) is 4.98 Å². The molecule has 6 heteroatoms. The zero-order valence-corrected chi connectivity index (χ0v) is 9.71. The molecule has 0 aliphatic carbocycles. The van der Waals surface area contributed by atoms with Crippen molar-refractivity contribution in [2.24, 2.45) is 0 Å². The molecule has 3 N–H and O–H groups in total. The molecular weight excluding hydrogens is 230 g/mol. The van der Waals surface area contributed by atoms with Crippen LogP contribution < -0.4 is 15.8 Å². The first-order valence-corrected chi connectivity index (χ1v) is 5.34. The predicted octanol–water partition coefficient (Wildman–Crippen LogP) is 1.84. The standard InChI is InChI=1S/C12H13N5O/c1-2-5-15-11-10(13)12(17-8-16-11)18-9-4-3-6-14-7-9/h2-4,6-8H,1,5,13H2,(H,15,16,17). The first kappa shape index (κ1) is 11.8. The molecule has 0 unspecified atom stereocenters. The largest absolute Gasteiger partial charge is 0.435 e. The zero-order chi connectivity index (χ0) is 12.8. The van der Waals surface area contributed by atoms with E-state index in [4.69, 9.17) is 10.5 Å². The van der Waals surface area contributed by atoms with E-state index in [0.29, 0.717) is 29.7 Å². The van der Waals surface area contributed by atoms with Gasteiger partial charge in [-0.05, 0) is 12.1 Å². The van der Waals surface area contributed by atoms with Crippen molar-refractivity contribution in [2.45, 2.75) is 0 Å². The molecule has 0 aromatic carbocycles. The number of anilines is 2. The molecule has 0 radical (unpaired) electrons. The number of ether oxygens (including phenoxy) is 1. The Morgan fingerprint density at radius 3 is 3.06 bits per heavy atom. The fraction of sp³-hybridized carbons (Fsp3) is 0.0833. The number of pyridine rings is 1. The lowest BCUT2D eigenvalue weighted by molar-refractivity contribution is 0.462. The van der Waals surface area contributed by atoms with Gasteiger partial charge in [0.2, 0.25) is 5.88 Å². The number of nitrogens with two attached hydrogens (primary N) is 1. The van der Waals surface area contributed by atoms with Crippen molar-refractivity contribution in [2.75, 3.05) is 17.6 Å². The average Bonchev–Trinajstić information content (AvgIpc) is 2.41. The summed E-state index contributed by atoms with van der Waals surface area (Å²) >= 11 is 0. The van der Waals surface area contributed by atoms with Crippen LogP contribution in [0.15, 0.2) is 43.5 Å². The van der Waals surface area contributed by atoms with Gasteiger partial charge in [-0.2, -0.15) is 4.98 Å². The Bertz CT molecular complexity index is 529. The monoisotopic (exact) mass is 243 g/mol. The van der Waals surface area contributed by atoms with E-state index in [1.165, 1.54) is 6.33 Å². The van der Waals surface area contributed by atoms with Gasteiger partial charge in [0, 0.05) is 12.7 Å². The topological polar surface area (TPSA) is 86.0 Å². The fourth-order valence-electron chi connectivity index (χ4n) is 1.29. The summed E-state index contributed by atoms with van der Waals surface area (Å²) in [6.45, 7) is 4.17. The molecule has 2 aromatic heterocycles. The maximum absolute atomic E-state index is 5.90. The van der Waals surface area contributed by atoms with Crippen LogP contribution >= 0.6 is 0 Å². The Labute approximate surface area is 105 Å². The number of rotatable bonds is 5. The summed E-state index contributed by atoms with van der Waals surface area (Å²) in [4.78, 5) is 12.0. The number of nitrogens with one attached hydrogen (secondary N) is 1. The third-order valence-corrected chi connectivity index (χ3v) is 2.11. The van der Waals surface area contributed by atoms with Crippen LogP contribution in [0.25, 0.3) is 0 Å². The minimum atomic E-state index is 0.296. The minimum Gasteiger partial charge on any atom is -0.435 e. The Morgan fingerprint density at radius 1 is 1.44 bits per heavy atom. The number of aromatic nitrogens is 3. The second kappa shape index (κ2) is 5.62. The van der Waals surface area contributed by atoms with Crippen LogP contribution in [0.1, 0.15) is 0 Å². The van der Waals surface area contributed by atoms with E-state index in [1.807, 2.05) is 0 Å². The quantitative estimate of drug-likeness (QED) is 0.779. The molecule has 92 valence electrons. The maximum Gasteiger partial charge on any atom is 0.248 e. The van der Waals surface area contributed by atoms with E-state index < -0.39 is 0 Å². The maximum atomic E-state index is 5.90. The fourth-order valence-corrected chi connectivity index (χ4v) is 1.29. The van der Waals surface area contributed by atoms with Crippen molar-refractivity contribution in [1.82, 2.24) is 15.0 Å². The Morgan fingerprint density at radius 2 is 2.33 bits per heavy atom. The molecule has 0 aliphatic rings. The molecule has 0 amide bonds. The summed E-state index contributed by atoms with van der Waals surface area (Å²) in [6.07, 6.45) is 6.34. The van der Waals surface area contributed by atoms with Crippen LogP contribution in [-0.2, 0) is 0 Å². The van der Waals surface area contributed by atoms with Crippen LogP contribution in [0.3, 0.4) is 0 Å². The van der Waals surface area contributed by atoms with Gasteiger partial charge in [0.15, 0.2) is 5.82 Å². The average molecular weight is 243 g/mol. The minimum absolute atomic E-state index is 0.296. The van der Waals surface area contributed by atoms with Gasteiger partial charge in [-0.15, -0.1) is 6.58 Å². The highest BCUT2D eigenvalue weighted by Crippen LogP contribution is 2.28. The van der Waals surface area contributed by atoms with Gasteiger partial charge in [0.1, 0.15) is 17.8 Å². The van der Waals surface area contributed by atoms with E-state index in [1.54, 1.807) is 30.6 Å². The lowest BCUT2D eigenvalue weighted by atomic mass is 10.4. The van der Waals surface area contributed by atoms with Gasteiger partial charge in [-0.3, -0.25) is 4.98 Å². The van der Waals surface area contributed by atoms with Crippen molar-refractivity contribution < 1.29 is 4.74 Å². The van der Waals surface area contributed by atoms with E-state index in [0.717, 1.165) is 0 Å². The van der Waals surface area contributed by atoms with Crippen LogP contribution in [0.5, 0.6) is 11.6 Å². The molecule has 0 bridgehead atoms. The van der Waals surface area contributed by atoms with Gasteiger partial charge in [0.25, 0.3) is 0 Å². The lowest BCUT2D eigenvalue weighted by Crippen LogP contribution is -2.06. The van der Waals surface area contributed by atoms with Gasteiger partial charge in [-0.1, -0.05) is 6.08 Å². The third kappa shape index (κ3) is 2.73. The summed E-state index contributed by atoms with van der Waals surface area (Å²) in [6, 6.07) is 3.54. The molecule has 2 rings (SSSR count). The normalized spacial score (nSPS) is 9.78. The highest BCUT2D eigenvalue weighted by Gasteiger charge is 2.09. The summed E-state index contributed by atoms with van der Waals surface area (Å²) in [7, 11) is 0. The van der Waals surface area contributed by atoms with Crippen LogP contribution in [0, 0.1) is 0 Å². The second-order valence-corrected chi connectivity index (χ2v) is 3.40. The third-order valence-electron chi connectivity index (χ3n) is 2.11. The van der Waals surface area contributed by atoms with E-state index in [9.17, 15) is 0 Å². The highest BCUT2D eigenvalue weighted by atomic mass is 16.5. The second-order valence-electron chi connectivity index (χ2n) is 3.40. The molecular formula is C12H13N5O. The van der Waals surface area contributed by atoms with Crippen molar-refractivity contribution in [1.29, 1.82) is 0 Å². The Hall–Kier alpha value is -2.63. The first-order valence-electron chi connectivity index (χ1n) is 5.34. The number of nitrogens with zero attached hydrogens (tertiary/aromatic N) is 3. The number of hydrogen-bond acceptors (Lipinski definition) is 6. The highest BCUT2D eigenvalue weighted by molar-refractivity contribution is 5.67. The van der Waals surface area contributed by atoms with E-state index >= 15 is 0 Å². The lowest BCUT2D eigenvalue weighted by Gasteiger charge is -2.10. The summed E-state index contributed by atoms with van der Waals surface area (Å²) in [5.41, 5.74) is 6.25. The van der Waals surface area contributed by atoms with Gasteiger partial charge < -0.3 is 15.8 Å². The van der Waals surface area contributed by atoms with Crippen molar-refractivity contribution >= 4 is 11.5 Å². The molecule has 0 saturated carbocycles. The number of hydrogen-bond donors (Lipinski definition) is 2. The molecule has 6 nitrogen and oxygen atoms in total. The summed E-state index contributed by atoms with van der Waals surface area (Å²) in [5, 5.41) is 3.00. The molecule has 0 atom stereocenters. The summed E-state index contributed by atoms with van der Waals surface area (Å²) in [5.74, 6) is 1.38. The number of nitrogen functional groups attached to an aromatic ring is 1. The SMILES string of the molecule is C=CCNc1ncnc(Oc2cccnc2)c1N. The van der Waals surface area contributed by atoms with Crippen molar-refractivity contribution in [3.05, 3.63) is 43.5 Å². The van der Waals surface area contributed by atoms with Gasteiger partial charge in [0.05, 0.1) is 6.20 Å². The molecule has 2 aromatic rings. The molecule has 0 saturated heterocycles. The van der Waals surface area contributed by atoms with Crippen molar-refractivity contribution in [3.63, 3.8) is 0 Å². The van der Waals surface area contributed by atoms with Crippen LogP contribution in [0.2, 0.25) is 0 Å². The van der Waals surface area contributed by atoms with Crippen LogP contribution in [-0.4, -0.2) is 21.5 Å². The van der Waals surface area contributed by atoms with Gasteiger partial charge >= 0.3 is 0 Å². The van der Waals surface area contributed by atoms with E-state index in [-0.39, 0.29) is 0 Å². The smallest absolute Gasteiger partial charge is 0.248 e. The Balaban J connectivity index is 2.20.